The zero-order chi connectivity index (χ0) is 14.2. The molecule has 20 heavy (non-hydrogen) atoms. The summed E-state index contributed by atoms with van der Waals surface area (Å²) < 4.78 is 41.1. The molecule has 1 aliphatic carbocycles. The summed E-state index contributed by atoms with van der Waals surface area (Å²) in [5.74, 6) is -0.390. The van der Waals surface area contributed by atoms with E-state index in [0.717, 1.165) is 0 Å². The zero-order valence-corrected chi connectivity index (χ0v) is 11.4. The van der Waals surface area contributed by atoms with E-state index in [1.165, 1.54) is 24.5 Å². The number of hydrogen-bond acceptors (Lipinski definition) is 3. The van der Waals surface area contributed by atoms with Gasteiger partial charge in [0.15, 0.2) is 0 Å². The lowest BCUT2D eigenvalue weighted by Crippen LogP contribution is -2.35. The molecule has 1 aliphatic rings. The van der Waals surface area contributed by atoms with E-state index >= 15 is 0 Å². The number of nitrogens with one attached hydrogen (secondary N) is 1. The average Bonchev–Trinajstić information content (AvgIpc) is 3.20. The van der Waals surface area contributed by atoms with E-state index < -0.39 is 15.6 Å². The molecule has 0 spiro atoms. The number of rotatable bonds is 4. The molecule has 1 aromatic heterocycles. The van der Waals surface area contributed by atoms with Crippen LogP contribution in [0.3, 0.4) is 0 Å². The highest BCUT2D eigenvalue weighted by molar-refractivity contribution is 7.89. The van der Waals surface area contributed by atoms with Crippen molar-refractivity contribution in [1.29, 1.82) is 0 Å². The van der Waals surface area contributed by atoms with Crippen LogP contribution in [0.5, 0.6) is 0 Å². The maximum absolute atomic E-state index is 13.9. The minimum atomic E-state index is -3.70. The molecule has 0 atom stereocenters. The van der Waals surface area contributed by atoms with Crippen LogP contribution in [0.1, 0.15) is 18.4 Å². The Morgan fingerprint density at radius 3 is 2.50 bits per heavy atom. The minimum Gasteiger partial charge on any atom is -0.263 e. The van der Waals surface area contributed by atoms with Crippen molar-refractivity contribution in [2.24, 2.45) is 0 Å². The molecule has 6 heteroatoms. The highest BCUT2D eigenvalue weighted by Crippen LogP contribution is 2.47. The number of nitrogens with zero attached hydrogens (tertiary/aromatic N) is 1. The summed E-state index contributed by atoms with van der Waals surface area (Å²) in [5.41, 5.74) is -0.424. The van der Waals surface area contributed by atoms with Crippen LogP contribution < -0.4 is 4.72 Å². The molecule has 0 amide bonds. The second-order valence-electron chi connectivity index (χ2n) is 4.86. The van der Waals surface area contributed by atoms with Crippen LogP contribution in [0.2, 0.25) is 0 Å². The fraction of sp³-hybridized carbons (Fsp3) is 0.214. The second kappa shape index (κ2) is 4.64. The SMILES string of the molecule is O=S(=O)(NC1(c2ccccc2F)CC1)c1cccnc1. The lowest BCUT2D eigenvalue weighted by atomic mass is 10.1. The molecule has 4 nitrogen and oxygen atoms in total. The summed E-state index contributed by atoms with van der Waals surface area (Å²) in [4.78, 5) is 3.88. The predicted molar refractivity (Wildman–Crippen MR) is 71.9 cm³/mol. The summed E-state index contributed by atoms with van der Waals surface area (Å²) in [6.07, 6.45) is 3.96. The molecule has 3 rings (SSSR count). The normalized spacial score (nSPS) is 16.9. The van der Waals surface area contributed by atoms with Crippen LogP contribution in [0.4, 0.5) is 4.39 Å². The molecule has 1 saturated carbocycles. The molecule has 1 fully saturated rings. The monoisotopic (exact) mass is 292 g/mol. The van der Waals surface area contributed by atoms with Gasteiger partial charge in [-0.05, 0) is 31.0 Å². The molecular weight excluding hydrogens is 279 g/mol. The second-order valence-corrected chi connectivity index (χ2v) is 6.54. The Morgan fingerprint density at radius 1 is 1.15 bits per heavy atom. The number of hydrogen-bond donors (Lipinski definition) is 1. The maximum Gasteiger partial charge on any atom is 0.242 e. The van der Waals surface area contributed by atoms with Gasteiger partial charge in [0.1, 0.15) is 10.7 Å². The van der Waals surface area contributed by atoms with Crippen molar-refractivity contribution in [3.63, 3.8) is 0 Å². The van der Waals surface area contributed by atoms with Gasteiger partial charge in [0, 0.05) is 18.0 Å². The molecule has 0 saturated heterocycles. The first kappa shape index (κ1) is 13.2. The summed E-state index contributed by atoms with van der Waals surface area (Å²) >= 11 is 0. The molecule has 0 radical (unpaired) electrons. The molecule has 104 valence electrons. The van der Waals surface area contributed by atoms with Crippen molar-refractivity contribution in [2.75, 3.05) is 0 Å². The smallest absolute Gasteiger partial charge is 0.242 e. The summed E-state index contributed by atoms with van der Waals surface area (Å²) in [5, 5.41) is 0. The summed E-state index contributed by atoms with van der Waals surface area (Å²) in [6.45, 7) is 0. The molecule has 0 bridgehead atoms. The Morgan fingerprint density at radius 2 is 1.90 bits per heavy atom. The van der Waals surface area contributed by atoms with Gasteiger partial charge in [-0.2, -0.15) is 0 Å². The van der Waals surface area contributed by atoms with Crippen molar-refractivity contribution < 1.29 is 12.8 Å². The fourth-order valence-corrected chi connectivity index (χ4v) is 3.63. The van der Waals surface area contributed by atoms with Crippen LogP contribution in [0.15, 0.2) is 53.7 Å². The van der Waals surface area contributed by atoms with E-state index in [2.05, 4.69) is 9.71 Å². The molecule has 2 aromatic rings. The van der Waals surface area contributed by atoms with Crippen LogP contribution in [0, 0.1) is 5.82 Å². The van der Waals surface area contributed by atoms with Crippen molar-refractivity contribution in [2.45, 2.75) is 23.3 Å². The Kier molecular flexibility index (Phi) is 3.07. The van der Waals surface area contributed by atoms with Crippen LogP contribution in [-0.4, -0.2) is 13.4 Å². The van der Waals surface area contributed by atoms with Gasteiger partial charge in [0.2, 0.25) is 10.0 Å². The van der Waals surface area contributed by atoms with E-state index in [1.807, 2.05) is 0 Å². The van der Waals surface area contributed by atoms with E-state index in [-0.39, 0.29) is 10.7 Å². The number of halogens is 1. The Balaban J connectivity index is 1.94. The van der Waals surface area contributed by atoms with Crippen molar-refractivity contribution >= 4 is 10.0 Å². The summed E-state index contributed by atoms with van der Waals surface area (Å²) in [6, 6.07) is 9.27. The van der Waals surface area contributed by atoms with Gasteiger partial charge in [0.25, 0.3) is 0 Å². The molecular formula is C14H13FN2O2S. The first-order chi connectivity index (χ1) is 9.54. The van der Waals surface area contributed by atoms with E-state index in [0.29, 0.717) is 18.4 Å². The molecule has 1 aromatic carbocycles. The van der Waals surface area contributed by atoms with Gasteiger partial charge in [0.05, 0.1) is 5.54 Å². The zero-order valence-electron chi connectivity index (χ0n) is 10.6. The first-order valence-electron chi connectivity index (χ1n) is 6.23. The molecule has 0 aliphatic heterocycles. The Hall–Kier alpha value is -1.79. The van der Waals surface area contributed by atoms with Crippen LogP contribution in [0.25, 0.3) is 0 Å². The molecule has 1 heterocycles. The predicted octanol–water partition coefficient (Wildman–Crippen LogP) is 2.19. The maximum atomic E-state index is 13.9. The van der Waals surface area contributed by atoms with Gasteiger partial charge in [-0.15, -0.1) is 0 Å². The largest absolute Gasteiger partial charge is 0.263 e. The first-order valence-corrected chi connectivity index (χ1v) is 7.71. The van der Waals surface area contributed by atoms with Crippen LogP contribution in [-0.2, 0) is 15.6 Å². The van der Waals surface area contributed by atoms with Gasteiger partial charge in [-0.1, -0.05) is 18.2 Å². The van der Waals surface area contributed by atoms with Gasteiger partial charge < -0.3 is 0 Å². The number of benzene rings is 1. The Bertz CT molecular complexity index is 728. The van der Waals surface area contributed by atoms with E-state index in [4.69, 9.17) is 0 Å². The van der Waals surface area contributed by atoms with E-state index in [1.54, 1.807) is 24.3 Å². The number of pyridine rings is 1. The lowest BCUT2D eigenvalue weighted by Gasteiger charge is -2.18. The van der Waals surface area contributed by atoms with Crippen LogP contribution >= 0.6 is 0 Å². The third-order valence-corrected chi connectivity index (χ3v) is 4.94. The van der Waals surface area contributed by atoms with Crippen molar-refractivity contribution in [3.8, 4) is 0 Å². The standard InChI is InChI=1S/C14H13FN2O2S/c15-13-6-2-1-5-12(13)14(7-8-14)17-20(18,19)11-4-3-9-16-10-11/h1-6,9-10,17H,7-8H2. The Labute approximate surface area is 116 Å². The van der Waals surface area contributed by atoms with Gasteiger partial charge in [-0.25, -0.2) is 17.5 Å². The highest BCUT2D eigenvalue weighted by atomic mass is 32.2. The number of sulfonamides is 1. The third-order valence-electron chi connectivity index (χ3n) is 3.41. The van der Waals surface area contributed by atoms with Gasteiger partial charge >= 0.3 is 0 Å². The average molecular weight is 292 g/mol. The lowest BCUT2D eigenvalue weighted by molar-refractivity contribution is 0.527. The van der Waals surface area contributed by atoms with Gasteiger partial charge in [-0.3, -0.25) is 4.98 Å². The van der Waals surface area contributed by atoms with E-state index in [9.17, 15) is 12.8 Å². The topological polar surface area (TPSA) is 59.1 Å². The highest BCUT2D eigenvalue weighted by Gasteiger charge is 2.49. The molecule has 1 N–H and O–H groups in total. The fourth-order valence-electron chi connectivity index (χ4n) is 2.22. The molecule has 0 unspecified atom stereocenters. The third kappa shape index (κ3) is 2.32. The van der Waals surface area contributed by atoms with Crippen molar-refractivity contribution in [3.05, 3.63) is 60.2 Å². The minimum absolute atomic E-state index is 0.0858. The number of aromatic nitrogens is 1. The quantitative estimate of drug-likeness (QED) is 0.939. The van der Waals surface area contributed by atoms with Crippen molar-refractivity contribution in [1.82, 2.24) is 9.71 Å². The summed E-state index contributed by atoms with van der Waals surface area (Å²) in [7, 11) is -3.70.